The molecular weight excluding hydrogens is 410 g/mol. The largest absolute Gasteiger partial charge is 0.284 e. The van der Waals surface area contributed by atoms with E-state index < -0.39 is 14.9 Å². The summed E-state index contributed by atoms with van der Waals surface area (Å²) in [5.41, 5.74) is 1.26. The second-order valence-corrected chi connectivity index (χ2v) is 9.76. The highest BCUT2D eigenvalue weighted by atomic mass is 32.2. The van der Waals surface area contributed by atoms with E-state index in [1.807, 2.05) is 6.07 Å². The molecule has 29 heavy (non-hydrogen) atoms. The quantitative estimate of drug-likeness (QED) is 0.383. The van der Waals surface area contributed by atoms with E-state index in [-0.39, 0.29) is 10.6 Å². The summed E-state index contributed by atoms with van der Waals surface area (Å²) in [6.07, 6.45) is 3.61. The molecule has 9 heteroatoms. The molecule has 0 spiro atoms. The first kappa shape index (κ1) is 21.3. The van der Waals surface area contributed by atoms with Gasteiger partial charge in [-0.25, -0.2) is 8.42 Å². The van der Waals surface area contributed by atoms with Crippen molar-refractivity contribution in [2.75, 3.05) is 13.1 Å². The van der Waals surface area contributed by atoms with Gasteiger partial charge in [-0.15, -0.1) is 11.8 Å². The summed E-state index contributed by atoms with van der Waals surface area (Å²) < 4.78 is 27.3. The highest BCUT2D eigenvalue weighted by Gasteiger charge is 2.28. The number of hydrogen-bond donors (Lipinski definition) is 0. The lowest BCUT2D eigenvalue weighted by atomic mass is 10.2. The third kappa shape index (κ3) is 5.15. The normalized spacial score (nSPS) is 15.4. The SMILES string of the molecule is N#Cc1ccc(CSc2ccc(S(=O)(=O)N3CCCCCC3)cc2[N+](=O)[O-])cc1. The van der Waals surface area contributed by atoms with Crippen LogP contribution in [-0.4, -0.2) is 30.7 Å². The van der Waals surface area contributed by atoms with E-state index in [1.165, 1.54) is 34.3 Å². The summed E-state index contributed by atoms with van der Waals surface area (Å²) in [7, 11) is -3.74. The molecule has 1 fully saturated rings. The van der Waals surface area contributed by atoms with Gasteiger partial charge in [0.2, 0.25) is 10.0 Å². The molecule has 0 aromatic heterocycles. The number of rotatable bonds is 6. The first-order valence-corrected chi connectivity index (χ1v) is 11.7. The standard InChI is InChI=1S/C20H21N3O4S2/c21-14-16-5-7-17(8-6-16)15-28-20-10-9-18(13-19(20)23(24)25)29(26,27)22-11-3-1-2-4-12-22/h5-10,13H,1-4,11-12,15H2. The molecule has 2 aromatic rings. The van der Waals surface area contributed by atoms with Gasteiger partial charge in [0, 0.05) is 24.9 Å². The minimum atomic E-state index is -3.74. The predicted octanol–water partition coefficient (Wildman–Crippen LogP) is 4.32. The molecule has 152 valence electrons. The Hall–Kier alpha value is -2.41. The van der Waals surface area contributed by atoms with Crippen LogP contribution in [0.25, 0.3) is 0 Å². The average molecular weight is 432 g/mol. The van der Waals surface area contributed by atoms with E-state index in [0.717, 1.165) is 31.2 Å². The number of benzene rings is 2. The molecule has 0 saturated carbocycles. The van der Waals surface area contributed by atoms with Crippen molar-refractivity contribution >= 4 is 27.5 Å². The van der Waals surface area contributed by atoms with Crippen LogP contribution in [0.4, 0.5) is 5.69 Å². The van der Waals surface area contributed by atoms with Crippen molar-refractivity contribution in [1.82, 2.24) is 4.31 Å². The topological polar surface area (TPSA) is 104 Å². The lowest BCUT2D eigenvalue weighted by Gasteiger charge is -2.20. The zero-order valence-corrected chi connectivity index (χ0v) is 17.4. The number of nitriles is 1. The third-order valence-corrected chi connectivity index (χ3v) is 7.84. The van der Waals surface area contributed by atoms with Gasteiger partial charge in [-0.2, -0.15) is 9.57 Å². The van der Waals surface area contributed by atoms with Crippen molar-refractivity contribution < 1.29 is 13.3 Å². The summed E-state index contributed by atoms with van der Waals surface area (Å²) in [6, 6.07) is 13.2. The Morgan fingerprint density at radius 1 is 1.07 bits per heavy atom. The van der Waals surface area contributed by atoms with Crippen molar-refractivity contribution in [3.05, 3.63) is 63.7 Å². The average Bonchev–Trinajstić information content (AvgIpc) is 3.02. The molecule has 1 saturated heterocycles. The molecule has 7 nitrogen and oxygen atoms in total. The number of nitrogens with zero attached hydrogens (tertiary/aromatic N) is 3. The Morgan fingerprint density at radius 3 is 2.31 bits per heavy atom. The summed E-state index contributed by atoms with van der Waals surface area (Å²) >= 11 is 1.27. The van der Waals surface area contributed by atoms with Crippen LogP contribution >= 0.6 is 11.8 Å². The summed E-state index contributed by atoms with van der Waals surface area (Å²) in [5.74, 6) is 0.477. The van der Waals surface area contributed by atoms with Crippen LogP contribution in [0.15, 0.2) is 52.3 Å². The molecule has 1 aliphatic heterocycles. The molecular formula is C20H21N3O4S2. The highest BCUT2D eigenvalue weighted by molar-refractivity contribution is 7.98. The van der Waals surface area contributed by atoms with Crippen molar-refractivity contribution in [2.45, 2.75) is 41.2 Å². The maximum atomic E-state index is 12.9. The van der Waals surface area contributed by atoms with Crippen LogP contribution in [0.2, 0.25) is 0 Å². The Bertz CT molecular complexity index is 1020. The van der Waals surface area contributed by atoms with Crippen molar-refractivity contribution in [3.63, 3.8) is 0 Å². The van der Waals surface area contributed by atoms with Crippen LogP contribution in [0.1, 0.15) is 36.8 Å². The molecule has 0 radical (unpaired) electrons. The van der Waals surface area contributed by atoms with Crippen LogP contribution in [0, 0.1) is 21.4 Å². The van der Waals surface area contributed by atoms with Gasteiger partial charge in [0.1, 0.15) is 0 Å². The van der Waals surface area contributed by atoms with E-state index in [0.29, 0.717) is 29.3 Å². The minimum Gasteiger partial charge on any atom is -0.258 e. The molecule has 1 aliphatic rings. The number of nitro benzene ring substituents is 1. The first-order valence-electron chi connectivity index (χ1n) is 9.32. The summed E-state index contributed by atoms with van der Waals surface area (Å²) in [5, 5.41) is 20.4. The second kappa shape index (κ2) is 9.39. The number of nitro groups is 1. The molecule has 2 aromatic carbocycles. The second-order valence-electron chi connectivity index (χ2n) is 6.80. The van der Waals surface area contributed by atoms with Gasteiger partial charge in [0.15, 0.2) is 0 Å². The Kier molecular flexibility index (Phi) is 6.90. The molecule has 0 bridgehead atoms. The maximum Gasteiger partial charge on any atom is 0.284 e. The fourth-order valence-electron chi connectivity index (χ4n) is 3.19. The van der Waals surface area contributed by atoms with Gasteiger partial charge in [0.25, 0.3) is 5.69 Å². The monoisotopic (exact) mass is 431 g/mol. The van der Waals surface area contributed by atoms with Gasteiger partial charge in [-0.05, 0) is 42.7 Å². The maximum absolute atomic E-state index is 12.9. The zero-order valence-electron chi connectivity index (χ0n) is 15.8. The first-order chi connectivity index (χ1) is 13.9. The highest BCUT2D eigenvalue weighted by Crippen LogP contribution is 2.34. The molecule has 0 unspecified atom stereocenters. The van der Waals surface area contributed by atoms with Crippen LogP contribution < -0.4 is 0 Å². The van der Waals surface area contributed by atoms with Crippen LogP contribution in [0.5, 0.6) is 0 Å². The van der Waals surface area contributed by atoms with Crippen molar-refractivity contribution in [1.29, 1.82) is 5.26 Å². The van der Waals surface area contributed by atoms with Crippen LogP contribution in [0.3, 0.4) is 0 Å². The van der Waals surface area contributed by atoms with Gasteiger partial charge in [-0.3, -0.25) is 10.1 Å². The van der Waals surface area contributed by atoms with Gasteiger partial charge < -0.3 is 0 Å². The van der Waals surface area contributed by atoms with Gasteiger partial charge in [-0.1, -0.05) is 25.0 Å². The number of sulfonamides is 1. The third-order valence-electron chi connectivity index (χ3n) is 4.81. The van der Waals surface area contributed by atoms with Crippen molar-refractivity contribution in [2.24, 2.45) is 0 Å². The number of hydrogen-bond acceptors (Lipinski definition) is 6. The lowest BCUT2D eigenvalue weighted by Crippen LogP contribution is -2.31. The molecule has 1 heterocycles. The Morgan fingerprint density at radius 2 is 1.72 bits per heavy atom. The smallest absolute Gasteiger partial charge is 0.258 e. The summed E-state index contributed by atoms with van der Waals surface area (Å²) in [6.45, 7) is 0.899. The predicted molar refractivity (Wildman–Crippen MR) is 111 cm³/mol. The Balaban J connectivity index is 1.82. The number of thioether (sulfide) groups is 1. The Labute approximate surface area is 174 Å². The van der Waals surface area contributed by atoms with E-state index in [9.17, 15) is 18.5 Å². The summed E-state index contributed by atoms with van der Waals surface area (Å²) in [4.78, 5) is 11.4. The molecule has 0 N–H and O–H groups in total. The minimum absolute atomic E-state index is 0.0335. The van der Waals surface area contributed by atoms with E-state index in [4.69, 9.17) is 5.26 Å². The molecule has 3 rings (SSSR count). The van der Waals surface area contributed by atoms with Crippen LogP contribution in [-0.2, 0) is 15.8 Å². The van der Waals surface area contributed by atoms with Gasteiger partial charge >= 0.3 is 0 Å². The molecule has 0 amide bonds. The fraction of sp³-hybridized carbons (Fsp3) is 0.350. The molecule has 0 aliphatic carbocycles. The lowest BCUT2D eigenvalue weighted by molar-refractivity contribution is -0.388. The van der Waals surface area contributed by atoms with E-state index in [1.54, 1.807) is 24.3 Å². The fourth-order valence-corrected chi connectivity index (χ4v) is 5.69. The zero-order chi connectivity index (χ0) is 20.9. The van der Waals surface area contributed by atoms with Crippen molar-refractivity contribution in [3.8, 4) is 6.07 Å². The molecule has 0 atom stereocenters. The van der Waals surface area contributed by atoms with E-state index in [2.05, 4.69) is 0 Å². The van der Waals surface area contributed by atoms with Gasteiger partial charge in [0.05, 0.1) is 26.3 Å². The van der Waals surface area contributed by atoms with E-state index >= 15 is 0 Å².